The van der Waals surface area contributed by atoms with Crippen LogP contribution in [0.1, 0.15) is 0 Å². The highest BCUT2D eigenvalue weighted by Gasteiger charge is 2.17. The van der Waals surface area contributed by atoms with Crippen molar-refractivity contribution >= 4 is 50.9 Å². The van der Waals surface area contributed by atoms with Crippen LogP contribution >= 0.6 is 23.2 Å². The van der Waals surface area contributed by atoms with Crippen LogP contribution in [0.5, 0.6) is 5.75 Å². The number of benzene rings is 2. The molecular weight excluding hydrogens is 419 g/mol. The van der Waals surface area contributed by atoms with Crippen LogP contribution in [0.25, 0.3) is 0 Å². The molecular formula is C16H14Cl2N2O6S. The number of ether oxygens (including phenoxy) is 2. The van der Waals surface area contributed by atoms with Gasteiger partial charge >= 0.3 is 6.09 Å². The number of hydrogen-bond donors (Lipinski definition) is 2. The fourth-order valence-electron chi connectivity index (χ4n) is 1.89. The van der Waals surface area contributed by atoms with Gasteiger partial charge in [-0.3, -0.25) is 4.79 Å². The van der Waals surface area contributed by atoms with E-state index in [0.29, 0.717) is 21.5 Å². The maximum atomic E-state index is 11.9. The van der Waals surface area contributed by atoms with Crippen LogP contribution in [0.2, 0.25) is 10.0 Å². The van der Waals surface area contributed by atoms with Gasteiger partial charge < -0.3 is 14.8 Å². The van der Waals surface area contributed by atoms with E-state index in [0.717, 1.165) is 7.11 Å². The lowest BCUT2D eigenvalue weighted by molar-refractivity contribution is -0.118. The third kappa shape index (κ3) is 6.31. The number of amides is 2. The Balaban J connectivity index is 1.95. The van der Waals surface area contributed by atoms with E-state index in [-0.39, 0.29) is 11.5 Å². The number of halogens is 2. The van der Waals surface area contributed by atoms with Gasteiger partial charge in [0, 0.05) is 15.7 Å². The van der Waals surface area contributed by atoms with Crippen LogP contribution in [-0.4, -0.2) is 34.1 Å². The Hall–Kier alpha value is -2.49. The molecule has 0 aliphatic rings. The van der Waals surface area contributed by atoms with Crippen molar-refractivity contribution < 1.29 is 27.5 Å². The van der Waals surface area contributed by atoms with Crippen LogP contribution in [-0.2, 0) is 19.6 Å². The minimum absolute atomic E-state index is 0.171. The molecule has 0 saturated carbocycles. The van der Waals surface area contributed by atoms with E-state index < -0.39 is 22.0 Å². The van der Waals surface area contributed by atoms with E-state index in [1.165, 1.54) is 42.5 Å². The van der Waals surface area contributed by atoms with Crippen molar-refractivity contribution in [2.24, 2.45) is 0 Å². The van der Waals surface area contributed by atoms with Gasteiger partial charge in [-0.15, -0.1) is 0 Å². The summed E-state index contributed by atoms with van der Waals surface area (Å²) in [5.74, 6) is -0.146. The molecule has 0 bridgehead atoms. The smallest absolute Gasteiger partial charge is 0.420 e. The SMILES string of the molecule is COC(=O)NS(=O)(=O)c1ccc(NC(=O)COc2cc(Cl)cc(Cl)c2)cc1. The lowest BCUT2D eigenvalue weighted by Crippen LogP contribution is -2.30. The quantitative estimate of drug-likeness (QED) is 0.725. The van der Waals surface area contributed by atoms with E-state index >= 15 is 0 Å². The molecule has 0 aromatic heterocycles. The summed E-state index contributed by atoms with van der Waals surface area (Å²) < 4.78 is 35.1. The monoisotopic (exact) mass is 432 g/mol. The summed E-state index contributed by atoms with van der Waals surface area (Å²) in [5, 5.41) is 3.28. The third-order valence-corrected chi connectivity index (χ3v) is 4.82. The molecule has 0 saturated heterocycles. The summed E-state index contributed by atoms with van der Waals surface area (Å²) in [6.07, 6.45) is -1.11. The highest BCUT2D eigenvalue weighted by molar-refractivity contribution is 7.90. The largest absolute Gasteiger partial charge is 0.484 e. The second-order valence-corrected chi connectivity index (χ2v) is 7.62. The molecule has 2 amide bonds. The number of sulfonamides is 1. The molecule has 0 unspecified atom stereocenters. The molecule has 0 atom stereocenters. The standard InChI is InChI=1S/C16H14Cl2N2O6S/c1-25-16(22)20-27(23,24)14-4-2-12(3-5-14)19-15(21)9-26-13-7-10(17)6-11(18)8-13/h2-8H,9H2,1H3,(H,19,21)(H,20,22). The summed E-state index contributed by atoms with van der Waals surface area (Å²) in [6.45, 7) is -0.305. The molecule has 0 spiro atoms. The number of hydrogen-bond acceptors (Lipinski definition) is 6. The van der Waals surface area contributed by atoms with Gasteiger partial charge in [0.2, 0.25) is 0 Å². The van der Waals surface area contributed by atoms with Gasteiger partial charge in [-0.05, 0) is 42.5 Å². The summed E-state index contributed by atoms with van der Waals surface area (Å²) in [7, 11) is -3.01. The molecule has 0 fully saturated rings. The summed E-state index contributed by atoms with van der Waals surface area (Å²) >= 11 is 11.7. The van der Waals surface area contributed by atoms with Crippen molar-refractivity contribution in [3.63, 3.8) is 0 Å². The maximum Gasteiger partial charge on any atom is 0.420 e. The molecule has 2 aromatic rings. The van der Waals surface area contributed by atoms with E-state index in [9.17, 15) is 18.0 Å². The van der Waals surface area contributed by atoms with Gasteiger partial charge in [-0.2, -0.15) is 0 Å². The molecule has 2 rings (SSSR count). The molecule has 0 radical (unpaired) electrons. The van der Waals surface area contributed by atoms with Gasteiger partial charge in [0.15, 0.2) is 6.61 Å². The normalized spacial score (nSPS) is 10.8. The Labute approximate surface area is 165 Å². The Morgan fingerprint density at radius 3 is 2.19 bits per heavy atom. The van der Waals surface area contributed by atoms with E-state index in [1.54, 1.807) is 4.72 Å². The van der Waals surface area contributed by atoms with Gasteiger partial charge in [0.1, 0.15) is 5.75 Å². The van der Waals surface area contributed by atoms with Crippen molar-refractivity contribution in [3.05, 3.63) is 52.5 Å². The third-order valence-electron chi connectivity index (χ3n) is 3.06. The maximum absolute atomic E-state index is 11.9. The average Bonchev–Trinajstić information content (AvgIpc) is 2.59. The molecule has 0 aliphatic heterocycles. The Bertz CT molecular complexity index is 928. The average molecular weight is 433 g/mol. The second kappa shape index (κ2) is 8.94. The van der Waals surface area contributed by atoms with Gasteiger partial charge in [-0.1, -0.05) is 23.2 Å². The number of carbonyl (C=O) groups is 2. The highest BCUT2D eigenvalue weighted by Crippen LogP contribution is 2.24. The molecule has 2 aromatic carbocycles. The van der Waals surface area contributed by atoms with Gasteiger partial charge in [-0.25, -0.2) is 17.9 Å². The molecule has 0 aliphatic carbocycles. The predicted octanol–water partition coefficient (Wildman–Crippen LogP) is 3.06. The summed E-state index contributed by atoms with van der Waals surface area (Å²) in [6, 6.07) is 9.71. The van der Waals surface area contributed by atoms with Crippen molar-refractivity contribution in [1.82, 2.24) is 4.72 Å². The minimum Gasteiger partial charge on any atom is -0.484 e. The first-order valence-electron chi connectivity index (χ1n) is 7.29. The first-order chi connectivity index (χ1) is 12.7. The molecule has 11 heteroatoms. The first kappa shape index (κ1) is 20.8. The molecule has 0 heterocycles. The van der Waals surface area contributed by atoms with Crippen LogP contribution in [0.4, 0.5) is 10.5 Å². The molecule has 8 nitrogen and oxygen atoms in total. The Morgan fingerprint density at radius 1 is 1.04 bits per heavy atom. The second-order valence-electron chi connectivity index (χ2n) is 5.06. The van der Waals surface area contributed by atoms with Gasteiger partial charge in [0.05, 0.1) is 12.0 Å². The Morgan fingerprint density at radius 2 is 1.63 bits per heavy atom. The van der Waals surface area contributed by atoms with Gasteiger partial charge in [0.25, 0.3) is 15.9 Å². The van der Waals surface area contributed by atoms with Crippen LogP contribution in [0, 0.1) is 0 Å². The zero-order valence-corrected chi connectivity index (χ0v) is 16.2. The topological polar surface area (TPSA) is 111 Å². The Kier molecular flexibility index (Phi) is 6.89. The van der Waals surface area contributed by atoms with Crippen LogP contribution in [0.15, 0.2) is 47.4 Å². The number of carbonyl (C=O) groups excluding carboxylic acids is 2. The van der Waals surface area contributed by atoms with Crippen molar-refractivity contribution in [3.8, 4) is 5.75 Å². The number of rotatable bonds is 6. The van der Waals surface area contributed by atoms with E-state index in [2.05, 4.69) is 10.1 Å². The zero-order valence-electron chi connectivity index (χ0n) is 13.9. The lowest BCUT2D eigenvalue weighted by Gasteiger charge is -2.09. The molecule has 144 valence electrons. The number of methoxy groups -OCH3 is 1. The molecule has 2 N–H and O–H groups in total. The van der Waals surface area contributed by atoms with Crippen LogP contribution < -0.4 is 14.8 Å². The molecule has 27 heavy (non-hydrogen) atoms. The van der Waals surface area contributed by atoms with Crippen LogP contribution in [0.3, 0.4) is 0 Å². The minimum atomic E-state index is -4.06. The van der Waals surface area contributed by atoms with Crippen molar-refractivity contribution in [2.45, 2.75) is 4.90 Å². The van der Waals surface area contributed by atoms with E-state index in [1.807, 2.05) is 0 Å². The van der Waals surface area contributed by atoms with Crippen molar-refractivity contribution in [1.29, 1.82) is 0 Å². The summed E-state index contributed by atoms with van der Waals surface area (Å²) in [4.78, 5) is 22.8. The highest BCUT2D eigenvalue weighted by atomic mass is 35.5. The fourth-order valence-corrected chi connectivity index (χ4v) is 3.31. The van der Waals surface area contributed by atoms with Crippen molar-refractivity contribution in [2.75, 3.05) is 19.0 Å². The first-order valence-corrected chi connectivity index (χ1v) is 9.53. The lowest BCUT2D eigenvalue weighted by atomic mass is 10.3. The number of nitrogens with one attached hydrogen (secondary N) is 2. The predicted molar refractivity (Wildman–Crippen MR) is 99.8 cm³/mol. The fraction of sp³-hybridized carbons (Fsp3) is 0.125. The summed E-state index contributed by atoms with van der Waals surface area (Å²) in [5.41, 5.74) is 0.338. The zero-order chi connectivity index (χ0) is 20.0. The van der Waals surface area contributed by atoms with E-state index in [4.69, 9.17) is 27.9 Å². The number of anilines is 1.